The SMILES string of the molecule is CCN1CCCC[C@H]1CNC(=O)Nc1ccc(-n2nc(C)cc2C)c(F)c1. The smallest absolute Gasteiger partial charge is 0.319 e. The van der Waals surface area contributed by atoms with Crippen LogP contribution in [-0.4, -0.2) is 46.4 Å². The van der Waals surface area contributed by atoms with Crippen molar-refractivity contribution in [1.82, 2.24) is 20.0 Å². The maximum atomic E-state index is 14.5. The number of benzene rings is 1. The number of nitrogens with zero attached hydrogens (tertiary/aromatic N) is 3. The zero-order valence-corrected chi connectivity index (χ0v) is 16.3. The van der Waals surface area contributed by atoms with E-state index in [1.165, 1.54) is 18.9 Å². The van der Waals surface area contributed by atoms with Crippen molar-refractivity contribution in [2.45, 2.75) is 46.1 Å². The summed E-state index contributed by atoms with van der Waals surface area (Å²) in [6.07, 6.45) is 3.51. The highest BCUT2D eigenvalue weighted by molar-refractivity contribution is 5.89. The van der Waals surface area contributed by atoms with E-state index in [1.807, 2.05) is 19.9 Å². The van der Waals surface area contributed by atoms with Crippen molar-refractivity contribution in [2.75, 3.05) is 25.0 Å². The summed E-state index contributed by atoms with van der Waals surface area (Å²) in [5.74, 6) is -0.427. The average molecular weight is 373 g/mol. The zero-order chi connectivity index (χ0) is 19.4. The number of likely N-dealkylation sites (N-methyl/N-ethyl adjacent to an activating group) is 1. The average Bonchev–Trinajstić information content (AvgIpc) is 2.98. The first kappa shape index (κ1) is 19.4. The predicted molar refractivity (Wildman–Crippen MR) is 105 cm³/mol. The molecule has 2 amide bonds. The molecule has 1 fully saturated rings. The molecule has 3 rings (SSSR count). The van der Waals surface area contributed by atoms with Gasteiger partial charge in [-0.1, -0.05) is 13.3 Å². The fourth-order valence-electron chi connectivity index (χ4n) is 3.72. The Kier molecular flexibility index (Phi) is 6.11. The molecule has 6 nitrogen and oxygen atoms in total. The highest BCUT2D eigenvalue weighted by Crippen LogP contribution is 2.20. The molecule has 2 heterocycles. The van der Waals surface area contributed by atoms with Gasteiger partial charge >= 0.3 is 6.03 Å². The topological polar surface area (TPSA) is 62.2 Å². The molecule has 1 atom stereocenters. The molecule has 1 saturated heterocycles. The fraction of sp³-hybridized carbons (Fsp3) is 0.500. The number of anilines is 1. The third kappa shape index (κ3) is 4.66. The number of amides is 2. The van der Waals surface area contributed by atoms with Gasteiger partial charge in [0, 0.05) is 24.0 Å². The third-order valence-corrected chi connectivity index (χ3v) is 5.10. The summed E-state index contributed by atoms with van der Waals surface area (Å²) < 4.78 is 16.1. The Morgan fingerprint density at radius 3 is 2.78 bits per heavy atom. The molecule has 27 heavy (non-hydrogen) atoms. The molecule has 2 aromatic rings. The van der Waals surface area contributed by atoms with Gasteiger partial charge in [-0.3, -0.25) is 4.90 Å². The van der Waals surface area contributed by atoms with Gasteiger partial charge in [0.15, 0.2) is 5.82 Å². The molecule has 1 aliphatic heterocycles. The third-order valence-electron chi connectivity index (χ3n) is 5.10. The van der Waals surface area contributed by atoms with E-state index in [1.54, 1.807) is 16.8 Å². The van der Waals surface area contributed by atoms with E-state index < -0.39 is 5.82 Å². The van der Waals surface area contributed by atoms with Gasteiger partial charge < -0.3 is 10.6 Å². The van der Waals surface area contributed by atoms with Crippen molar-refractivity contribution in [3.05, 3.63) is 41.5 Å². The Bertz CT molecular complexity index is 804. The van der Waals surface area contributed by atoms with E-state index in [9.17, 15) is 9.18 Å². The Morgan fingerprint density at radius 1 is 1.30 bits per heavy atom. The van der Waals surface area contributed by atoms with Crippen LogP contribution in [0.5, 0.6) is 0 Å². The van der Waals surface area contributed by atoms with Crippen LogP contribution in [-0.2, 0) is 0 Å². The standard InChI is InChI=1S/C20H28FN5O/c1-4-25-10-6-5-7-17(25)13-22-20(27)23-16-8-9-19(18(21)12-16)26-15(3)11-14(2)24-26/h8-9,11-12,17H,4-7,10,13H2,1-3H3,(H2,22,23,27)/t17-/m0/s1. The maximum absolute atomic E-state index is 14.5. The Hall–Kier alpha value is -2.41. The van der Waals surface area contributed by atoms with Crippen molar-refractivity contribution in [3.63, 3.8) is 0 Å². The van der Waals surface area contributed by atoms with Gasteiger partial charge in [-0.15, -0.1) is 0 Å². The summed E-state index contributed by atoms with van der Waals surface area (Å²) in [7, 11) is 0. The number of carbonyl (C=O) groups is 1. The predicted octanol–water partition coefficient (Wildman–Crippen LogP) is 3.62. The molecule has 0 spiro atoms. The van der Waals surface area contributed by atoms with Crippen molar-refractivity contribution in [3.8, 4) is 5.69 Å². The van der Waals surface area contributed by atoms with Crippen LogP contribution in [0.25, 0.3) is 5.69 Å². The maximum Gasteiger partial charge on any atom is 0.319 e. The lowest BCUT2D eigenvalue weighted by molar-refractivity contribution is 0.154. The lowest BCUT2D eigenvalue weighted by Crippen LogP contribution is -2.47. The van der Waals surface area contributed by atoms with Crippen LogP contribution in [0.2, 0.25) is 0 Å². The summed E-state index contributed by atoms with van der Waals surface area (Å²) in [5, 5.41) is 9.93. The minimum absolute atomic E-state index is 0.310. The number of likely N-dealkylation sites (tertiary alicyclic amines) is 1. The van der Waals surface area contributed by atoms with Gasteiger partial charge in [0.25, 0.3) is 0 Å². The number of hydrogen-bond donors (Lipinski definition) is 2. The summed E-state index contributed by atoms with van der Waals surface area (Å²) in [5.41, 5.74) is 2.48. The minimum Gasteiger partial charge on any atom is -0.336 e. The van der Waals surface area contributed by atoms with Crippen LogP contribution in [0.3, 0.4) is 0 Å². The van der Waals surface area contributed by atoms with Crippen LogP contribution in [0, 0.1) is 19.7 Å². The number of carbonyl (C=O) groups excluding carboxylic acids is 1. The summed E-state index contributed by atoms with van der Waals surface area (Å²) >= 11 is 0. The van der Waals surface area contributed by atoms with Crippen molar-refractivity contribution < 1.29 is 9.18 Å². The number of aryl methyl sites for hydroxylation is 2. The van der Waals surface area contributed by atoms with E-state index in [4.69, 9.17) is 0 Å². The Morgan fingerprint density at radius 2 is 2.11 bits per heavy atom. The minimum atomic E-state index is -0.427. The molecule has 0 bridgehead atoms. The molecule has 0 radical (unpaired) electrons. The van der Waals surface area contributed by atoms with Crippen molar-refractivity contribution >= 4 is 11.7 Å². The van der Waals surface area contributed by atoms with Crippen molar-refractivity contribution in [2.24, 2.45) is 0 Å². The van der Waals surface area contributed by atoms with E-state index in [-0.39, 0.29) is 6.03 Å². The number of aromatic nitrogens is 2. The molecule has 0 saturated carbocycles. The largest absolute Gasteiger partial charge is 0.336 e. The lowest BCUT2D eigenvalue weighted by atomic mass is 10.0. The molecule has 0 unspecified atom stereocenters. The second-order valence-corrected chi connectivity index (χ2v) is 7.12. The number of urea groups is 1. The molecule has 7 heteroatoms. The molecule has 1 aromatic carbocycles. The molecule has 2 N–H and O–H groups in total. The molecule has 1 aromatic heterocycles. The van der Waals surface area contributed by atoms with Crippen LogP contribution >= 0.6 is 0 Å². The highest BCUT2D eigenvalue weighted by Gasteiger charge is 2.21. The Balaban J connectivity index is 1.60. The molecule has 1 aliphatic rings. The zero-order valence-electron chi connectivity index (χ0n) is 16.3. The van der Waals surface area contributed by atoms with Gasteiger partial charge in [-0.2, -0.15) is 5.10 Å². The number of hydrogen-bond acceptors (Lipinski definition) is 3. The second kappa shape index (κ2) is 8.52. The highest BCUT2D eigenvalue weighted by atomic mass is 19.1. The monoisotopic (exact) mass is 373 g/mol. The number of piperidine rings is 1. The first-order chi connectivity index (χ1) is 13.0. The fourth-order valence-corrected chi connectivity index (χ4v) is 3.72. The lowest BCUT2D eigenvalue weighted by Gasteiger charge is -2.34. The molecule has 0 aliphatic carbocycles. The first-order valence-electron chi connectivity index (χ1n) is 9.60. The number of rotatable bonds is 5. The van der Waals surface area contributed by atoms with Crippen LogP contribution in [0.15, 0.2) is 24.3 Å². The normalized spacial score (nSPS) is 17.7. The number of halogens is 1. The Labute approximate surface area is 159 Å². The second-order valence-electron chi connectivity index (χ2n) is 7.12. The molecular weight excluding hydrogens is 345 g/mol. The molecular formula is C20H28FN5O. The van der Waals surface area contributed by atoms with Crippen LogP contribution < -0.4 is 10.6 Å². The van der Waals surface area contributed by atoms with Gasteiger partial charge in [-0.25, -0.2) is 13.9 Å². The first-order valence-corrected chi connectivity index (χ1v) is 9.60. The van der Waals surface area contributed by atoms with Crippen molar-refractivity contribution in [1.29, 1.82) is 0 Å². The van der Waals surface area contributed by atoms with Gasteiger partial charge in [0.1, 0.15) is 5.69 Å². The van der Waals surface area contributed by atoms with E-state index in [2.05, 4.69) is 27.6 Å². The quantitative estimate of drug-likeness (QED) is 0.841. The number of nitrogens with one attached hydrogen (secondary N) is 2. The van der Waals surface area contributed by atoms with Gasteiger partial charge in [0.05, 0.1) is 5.69 Å². The van der Waals surface area contributed by atoms with E-state index >= 15 is 0 Å². The van der Waals surface area contributed by atoms with Gasteiger partial charge in [-0.05, 0) is 64.0 Å². The summed E-state index contributed by atoms with van der Waals surface area (Å²) in [6, 6.07) is 6.60. The van der Waals surface area contributed by atoms with Crippen LogP contribution in [0.1, 0.15) is 37.6 Å². The van der Waals surface area contributed by atoms with E-state index in [0.717, 1.165) is 30.9 Å². The summed E-state index contributed by atoms with van der Waals surface area (Å²) in [4.78, 5) is 14.6. The van der Waals surface area contributed by atoms with Gasteiger partial charge in [0.2, 0.25) is 0 Å². The van der Waals surface area contributed by atoms with Crippen LogP contribution in [0.4, 0.5) is 14.9 Å². The molecule has 146 valence electrons. The van der Waals surface area contributed by atoms with E-state index in [0.29, 0.717) is 24.0 Å². The summed E-state index contributed by atoms with van der Waals surface area (Å²) in [6.45, 7) is 8.57.